The highest BCUT2D eigenvalue weighted by Crippen LogP contribution is 2.20. The molecule has 3 nitrogen and oxygen atoms in total. The molecule has 0 radical (unpaired) electrons. The van der Waals surface area contributed by atoms with Gasteiger partial charge in [-0.05, 0) is 12.8 Å². The average molecular weight is 255 g/mol. The zero-order valence-corrected chi connectivity index (χ0v) is 9.03. The van der Waals surface area contributed by atoms with Crippen LogP contribution in [0.4, 0.5) is 0 Å². The van der Waals surface area contributed by atoms with E-state index in [0.29, 0.717) is 12.8 Å². The van der Waals surface area contributed by atoms with E-state index in [2.05, 4.69) is 15.9 Å². The Morgan fingerprint density at radius 3 is 2.58 bits per heavy atom. The van der Waals surface area contributed by atoms with Gasteiger partial charge in [0.25, 0.3) is 0 Å². The van der Waals surface area contributed by atoms with Crippen molar-refractivity contribution in [2.45, 2.75) is 24.5 Å². The molecule has 1 fully saturated rings. The molecular weight excluding hydrogens is 244 g/mol. The largest absolute Gasteiger partial charge is 0.297 e. The highest BCUT2D eigenvalue weighted by molar-refractivity contribution is 9.09. The average Bonchev–Trinajstić information content (AvgIpc) is 2.02. The standard InChI is InChI=1S/C7H11BrO3S/c8-5-6(9)7-3-1-2-4-12(7,10)11/h7H,1-5H2. The predicted molar refractivity (Wildman–Crippen MR) is 50.2 cm³/mol. The number of halogens is 1. The maximum atomic E-state index is 11.3. The molecule has 0 spiro atoms. The smallest absolute Gasteiger partial charge is 0.161 e. The second kappa shape index (κ2) is 3.87. The van der Waals surface area contributed by atoms with E-state index in [9.17, 15) is 13.2 Å². The Hall–Kier alpha value is 0.1000. The van der Waals surface area contributed by atoms with Gasteiger partial charge in [-0.3, -0.25) is 4.79 Å². The predicted octanol–water partition coefficient (Wildman–Crippen LogP) is 0.918. The maximum Gasteiger partial charge on any atom is 0.161 e. The molecule has 1 aliphatic rings. The van der Waals surface area contributed by atoms with Gasteiger partial charge in [-0.1, -0.05) is 22.4 Å². The van der Waals surface area contributed by atoms with Gasteiger partial charge in [-0.15, -0.1) is 0 Å². The van der Waals surface area contributed by atoms with Gasteiger partial charge >= 0.3 is 0 Å². The zero-order valence-electron chi connectivity index (χ0n) is 6.62. The second-order valence-electron chi connectivity index (χ2n) is 2.95. The second-order valence-corrected chi connectivity index (χ2v) is 5.82. The van der Waals surface area contributed by atoms with Crippen LogP contribution in [-0.2, 0) is 14.6 Å². The fraction of sp³-hybridized carbons (Fsp3) is 0.857. The highest BCUT2D eigenvalue weighted by atomic mass is 79.9. The summed E-state index contributed by atoms with van der Waals surface area (Å²) in [5.74, 6) is -0.0224. The number of rotatable bonds is 2. The first-order chi connectivity index (χ1) is 5.58. The molecule has 1 heterocycles. The van der Waals surface area contributed by atoms with Gasteiger partial charge in [0, 0.05) is 0 Å². The Balaban J connectivity index is 2.80. The molecule has 1 rings (SSSR count). The number of hydrogen-bond donors (Lipinski definition) is 0. The lowest BCUT2D eigenvalue weighted by atomic mass is 10.1. The quantitative estimate of drug-likeness (QED) is 0.689. The van der Waals surface area contributed by atoms with Crippen molar-refractivity contribution in [2.24, 2.45) is 0 Å². The van der Waals surface area contributed by atoms with E-state index in [1.807, 2.05) is 0 Å². The summed E-state index contributed by atoms with van der Waals surface area (Å²) in [4.78, 5) is 11.2. The third-order valence-corrected chi connectivity index (χ3v) is 4.85. The van der Waals surface area contributed by atoms with Gasteiger partial charge < -0.3 is 0 Å². The monoisotopic (exact) mass is 254 g/mol. The Kier molecular flexibility index (Phi) is 3.29. The molecule has 1 aliphatic heterocycles. The van der Waals surface area contributed by atoms with Crippen molar-refractivity contribution in [1.82, 2.24) is 0 Å². The molecule has 0 saturated carbocycles. The Morgan fingerprint density at radius 1 is 1.42 bits per heavy atom. The van der Waals surface area contributed by atoms with Gasteiger partial charge in [0.1, 0.15) is 5.25 Å². The van der Waals surface area contributed by atoms with Crippen LogP contribution in [-0.4, -0.2) is 30.5 Å². The van der Waals surface area contributed by atoms with Gasteiger partial charge in [-0.2, -0.15) is 0 Å². The first-order valence-electron chi connectivity index (χ1n) is 3.88. The van der Waals surface area contributed by atoms with Crippen LogP contribution >= 0.6 is 15.9 Å². The minimum atomic E-state index is -3.11. The number of hydrogen-bond acceptors (Lipinski definition) is 3. The molecule has 0 N–H and O–H groups in total. The van der Waals surface area contributed by atoms with Crippen molar-refractivity contribution in [1.29, 1.82) is 0 Å². The van der Waals surface area contributed by atoms with Crippen LogP contribution < -0.4 is 0 Å². The van der Waals surface area contributed by atoms with Crippen LogP contribution in [0.25, 0.3) is 0 Å². The van der Waals surface area contributed by atoms with Crippen LogP contribution in [0, 0.1) is 0 Å². The SMILES string of the molecule is O=C(CBr)C1CCCCS1(=O)=O. The van der Waals surface area contributed by atoms with E-state index < -0.39 is 15.1 Å². The lowest BCUT2D eigenvalue weighted by Crippen LogP contribution is -2.36. The summed E-state index contributed by atoms with van der Waals surface area (Å²) in [5.41, 5.74) is 0. The van der Waals surface area contributed by atoms with Crippen molar-refractivity contribution in [3.63, 3.8) is 0 Å². The first kappa shape index (κ1) is 10.2. The number of carbonyl (C=O) groups is 1. The maximum absolute atomic E-state index is 11.3. The van der Waals surface area contributed by atoms with Crippen LogP contribution in [0.15, 0.2) is 0 Å². The summed E-state index contributed by atoms with van der Waals surface area (Å²) in [5, 5.41) is -0.581. The summed E-state index contributed by atoms with van der Waals surface area (Å²) in [6.45, 7) is 0. The number of sulfone groups is 1. The molecule has 0 aliphatic carbocycles. The third-order valence-electron chi connectivity index (χ3n) is 2.07. The van der Waals surface area contributed by atoms with Crippen LogP contribution in [0.5, 0.6) is 0 Å². The Labute approximate surface area is 80.6 Å². The fourth-order valence-electron chi connectivity index (χ4n) is 1.40. The van der Waals surface area contributed by atoms with Crippen molar-refractivity contribution < 1.29 is 13.2 Å². The number of Topliss-reactive ketones (excluding diaryl/α,β-unsaturated/α-hetero) is 1. The van der Waals surface area contributed by atoms with Gasteiger partial charge in [0.05, 0.1) is 11.1 Å². The van der Waals surface area contributed by atoms with Gasteiger partial charge in [0.2, 0.25) is 0 Å². The van der Waals surface area contributed by atoms with E-state index in [1.165, 1.54) is 0 Å². The van der Waals surface area contributed by atoms with Crippen molar-refractivity contribution in [2.75, 3.05) is 11.1 Å². The summed E-state index contributed by atoms with van der Waals surface area (Å²) in [7, 11) is -3.11. The molecule has 0 bridgehead atoms. The molecule has 1 saturated heterocycles. The Bertz CT molecular complexity index is 270. The molecule has 1 atom stereocenters. The number of carbonyl (C=O) groups excluding carboxylic acids is 1. The first-order valence-corrected chi connectivity index (χ1v) is 6.72. The van der Waals surface area contributed by atoms with Gasteiger partial charge in [-0.25, -0.2) is 8.42 Å². The highest BCUT2D eigenvalue weighted by Gasteiger charge is 2.33. The number of alkyl halides is 1. The van der Waals surface area contributed by atoms with Crippen LogP contribution in [0.1, 0.15) is 19.3 Å². The van der Waals surface area contributed by atoms with E-state index in [0.717, 1.165) is 6.42 Å². The molecule has 12 heavy (non-hydrogen) atoms. The van der Waals surface area contributed by atoms with Gasteiger partial charge in [0.15, 0.2) is 15.6 Å². The third kappa shape index (κ3) is 2.07. The van der Waals surface area contributed by atoms with E-state index >= 15 is 0 Å². The minimum Gasteiger partial charge on any atom is -0.297 e. The minimum absolute atomic E-state index is 0.150. The number of ketones is 1. The normalized spacial score (nSPS) is 28.2. The molecule has 0 amide bonds. The summed E-state index contributed by atoms with van der Waals surface area (Å²) >= 11 is 2.99. The zero-order chi connectivity index (χ0) is 9.19. The summed E-state index contributed by atoms with van der Waals surface area (Å²) in [6.07, 6.45) is 2.06. The lowest BCUT2D eigenvalue weighted by molar-refractivity contribution is -0.116. The topological polar surface area (TPSA) is 51.2 Å². The Morgan fingerprint density at radius 2 is 2.08 bits per heavy atom. The molecule has 0 aromatic rings. The summed E-state index contributed by atoms with van der Waals surface area (Å²) < 4.78 is 22.7. The van der Waals surface area contributed by atoms with E-state index in [-0.39, 0.29) is 16.9 Å². The molecule has 0 aromatic heterocycles. The molecule has 0 aromatic carbocycles. The fourth-order valence-corrected chi connectivity index (χ4v) is 3.91. The molecule has 5 heteroatoms. The van der Waals surface area contributed by atoms with Crippen LogP contribution in [0.2, 0.25) is 0 Å². The molecule has 70 valence electrons. The van der Waals surface area contributed by atoms with E-state index in [4.69, 9.17) is 0 Å². The van der Waals surface area contributed by atoms with Crippen molar-refractivity contribution >= 4 is 31.6 Å². The summed E-state index contributed by atoms with van der Waals surface area (Å²) in [6, 6.07) is 0. The molecular formula is C7H11BrO3S. The van der Waals surface area contributed by atoms with Crippen molar-refractivity contribution in [3.05, 3.63) is 0 Å². The lowest BCUT2D eigenvalue weighted by Gasteiger charge is -2.19. The van der Waals surface area contributed by atoms with Crippen LogP contribution in [0.3, 0.4) is 0 Å². The van der Waals surface area contributed by atoms with Crippen molar-refractivity contribution in [3.8, 4) is 0 Å². The van der Waals surface area contributed by atoms with E-state index in [1.54, 1.807) is 0 Å². The molecule has 1 unspecified atom stereocenters.